The normalized spacial score (nSPS) is 30.2. The fourth-order valence-corrected chi connectivity index (χ4v) is 2.95. The minimum atomic E-state index is -0.405. The molecule has 2 saturated heterocycles. The number of hydrogen-bond donors (Lipinski definition) is 2. The maximum absolute atomic E-state index is 12.5. The number of nitrogens with one attached hydrogen (secondary N) is 1. The van der Waals surface area contributed by atoms with Gasteiger partial charge >= 0.3 is 0 Å². The lowest BCUT2D eigenvalue weighted by molar-refractivity contribution is -0.141. The monoisotopic (exact) mass is 253 g/mol. The maximum atomic E-state index is 12.5. The zero-order valence-electron chi connectivity index (χ0n) is 11.1. The second-order valence-corrected chi connectivity index (χ2v) is 5.68. The molecule has 2 amide bonds. The van der Waals surface area contributed by atoms with Crippen molar-refractivity contribution in [1.82, 2.24) is 10.2 Å². The quantitative estimate of drug-likeness (QED) is 0.740. The molecular weight excluding hydrogens is 230 g/mol. The number of nitrogens with two attached hydrogens (primary N) is 1. The lowest BCUT2D eigenvalue weighted by Crippen LogP contribution is -2.59. The largest absolute Gasteiger partial charge is 0.369 e. The van der Waals surface area contributed by atoms with Gasteiger partial charge in [-0.05, 0) is 45.6 Å². The van der Waals surface area contributed by atoms with Crippen molar-refractivity contribution in [3.63, 3.8) is 0 Å². The third-order valence-electron chi connectivity index (χ3n) is 4.28. The maximum Gasteiger partial charge on any atom is 0.242 e. The number of carbonyl (C=O) groups is 2. The second kappa shape index (κ2) is 5.26. The molecule has 1 unspecified atom stereocenters. The summed E-state index contributed by atoms with van der Waals surface area (Å²) < 4.78 is 0. The first-order chi connectivity index (χ1) is 8.53. The van der Waals surface area contributed by atoms with E-state index in [1.807, 2.05) is 11.8 Å². The average Bonchev–Trinajstić information content (AvgIpc) is 2.39. The average molecular weight is 253 g/mol. The molecule has 5 heteroatoms. The van der Waals surface area contributed by atoms with Crippen LogP contribution in [0.2, 0.25) is 0 Å². The van der Waals surface area contributed by atoms with Crippen molar-refractivity contribution < 1.29 is 9.59 Å². The molecule has 0 spiro atoms. The van der Waals surface area contributed by atoms with Crippen LogP contribution >= 0.6 is 0 Å². The van der Waals surface area contributed by atoms with E-state index in [-0.39, 0.29) is 17.7 Å². The molecule has 0 bridgehead atoms. The fraction of sp³-hybridized carbons (Fsp3) is 0.846. The zero-order chi connectivity index (χ0) is 13.2. The number of hydrogen-bond acceptors (Lipinski definition) is 3. The summed E-state index contributed by atoms with van der Waals surface area (Å²) in [6.07, 6.45) is 4.56. The van der Waals surface area contributed by atoms with Crippen LogP contribution in [0.1, 0.15) is 39.0 Å². The van der Waals surface area contributed by atoms with Gasteiger partial charge in [0.1, 0.15) is 0 Å². The van der Waals surface area contributed by atoms with Crippen LogP contribution in [0.25, 0.3) is 0 Å². The van der Waals surface area contributed by atoms with Gasteiger partial charge < -0.3 is 16.0 Å². The summed E-state index contributed by atoms with van der Waals surface area (Å²) in [4.78, 5) is 25.5. The Bertz CT molecular complexity index is 329. The number of piperidine rings is 2. The Kier molecular flexibility index (Phi) is 3.90. The van der Waals surface area contributed by atoms with E-state index >= 15 is 0 Å². The molecule has 2 heterocycles. The highest BCUT2D eigenvalue weighted by Crippen LogP contribution is 2.24. The Hall–Kier alpha value is -1.10. The molecule has 18 heavy (non-hydrogen) atoms. The van der Waals surface area contributed by atoms with Crippen molar-refractivity contribution in [2.75, 3.05) is 19.6 Å². The van der Waals surface area contributed by atoms with Gasteiger partial charge in [-0.3, -0.25) is 9.59 Å². The van der Waals surface area contributed by atoms with Crippen LogP contribution in [-0.2, 0) is 9.59 Å². The molecule has 2 fully saturated rings. The predicted octanol–water partition coefficient (Wildman–Crippen LogP) is 0.243. The number of primary amides is 1. The Morgan fingerprint density at radius 3 is 2.44 bits per heavy atom. The van der Waals surface area contributed by atoms with E-state index in [1.165, 1.54) is 0 Å². The SMILES string of the molecule is CC1(C(=O)N2CCC(C(N)=O)CC2)CCCCN1. The molecule has 5 nitrogen and oxygen atoms in total. The minimum Gasteiger partial charge on any atom is -0.369 e. The molecule has 2 rings (SSSR count). The van der Waals surface area contributed by atoms with E-state index in [4.69, 9.17) is 5.73 Å². The highest BCUT2D eigenvalue weighted by Gasteiger charge is 2.38. The van der Waals surface area contributed by atoms with Crippen LogP contribution in [0.15, 0.2) is 0 Å². The zero-order valence-corrected chi connectivity index (χ0v) is 11.1. The Labute approximate surface area is 108 Å². The summed E-state index contributed by atoms with van der Waals surface area (Å²) in [7, 11) is 0. The van der Waals surface area contributed by atoms with E-state index in [0.717, 1.165) is 25.8 Å². The van der Waals surface area contributed by atoms with Gasteiger partial charge in [0.25, 0.3) is 0 Å². The van der Waals surface area contributed by atoms with Crippen molar-refractivity contribution in [3.8, 4) is 0 Å². The first-order valence-corrected chi connectivity index (χ1v) is 6.87. The smallest absolute Gasteiger partial charge is 0.242 e. The molecule has 0 aromatic heterocycles. The topological polar surface area (TPSA) is 75.4 Å². The Morgan fingerprint density at radius 1 is 1.28 bits per heavy atom. The number of amides is 2. The van der Waals surface area contributed by atoms with E-state index in [2.05, 4.69) is 5.32 Å². The Morgan fingerprint density at radius 2 is 1.94 bits per heavy atom. The Balaban J connectivity index is 1.92. The van der Waals surface area contributed by atoms with Gasteiger partial charge in [0.05, 0.1) is 5.54 Å². The molecule has 0 aromatic carbocycles. The van der Waals surface area contributed by atoms with Crippen molar-refractivity contribution in [2.45, 2.75) is 44.6 Å². The summed E-state index contributed by atoms with van der Waals surface area (Å²) in [6.45, 7) is 4.22. The summed E-state index contributed by atoms with van der Waals surface area (Å²) >= 11 is 0. The van der Waals surface area contributed by atoms with Gasteiger partial charge in [0.2, 0.25) is 11.8 Å². The summed E-state index contributed by atoms with van der Waals surface area (Å²) in [5, 5.41) is 3.34. The van der Waals surface area contributed by atoms with Crippen LogP contribution in [0.3, 0.4) is 0 Å². The van der Waals surface area contributed by atoms with Gasteiger partial charge in [0.15, 0.2) is 0 Å². The van der Waals surface area contributed by atoms with E-state index in [1.54, 1.807) is 0 Å². The van der Waals surface area contributed by atoms with Gasteiger partial charge in [-0.2, -0.15) is 0 Å². The van der Waals surface area contributed by atoms with Crippen molar-refractivity contribution in [1.29, 1.82) is 0 Å². The molecule has 0 aromatic rings. The highest BCUT2D eigenvalue weighted by molar-refractivity contribution is 5.86. The van der Waals surface area contributed by atoms with Crippen LogP contribution in [0, 0.1) is 5.92 Å². The molecule has 1 atom stereocenters. The highest BCUT2D eigenvalue weighted by atomic mass is 16.2. The van der Waals surface area contributed by atoms with Gasteiger partial charge in [-0.25, -0.2) is 0 Å². The van der Waals surface area contributed by atoms with Crippen molar-refractivity contribution in [2.24, 2.45) is 11.7 Å². The molecule has 3 N–H and O–H groups in total. The number of rotatable bonds is 2. The van der Waals surface area contributed by atoms with Gasteiger partial charge in [-0.15, -0.1) is 0 Å². The molecular formula is C13H23N3O2. The van der Waals surface area contributed by atoms with E-state index in [9.17, 15) is 9.59 Å². The molecule has 2 aliphatic heterocycles. The summed E-state index contributed by atoms with van der Waals surface area (Å²) in [5.74, 6) is -0.101. The third kappa shape index (κ3) is 2.66. The molecule has 0 aliphatic carbocycles. The lowest BCUT2D eigenvalue weighted by atomic mass is 9.88. The standard InChI is InChI=1S/C13H23N3O2/c1-13(6-2-3-7-15-13)12(18)16-8-4-10(5-9-16)11(14)17/h10,15H,2-9H2,1H3,(H2,14,17). The first kappa shape index (κ1) is 13.3. The number of likely N-dealkylation sites (tertiary alicyclic amines) is 1. The summed E-state index contributed by atoms with van der Waals surface area (Å²) in [6, 6.07) is 0. The van der Waals surface area contributed by atoms with Crippen molar-refractivity contribution in [3.05, 3.63) is 0 Å². The minimum absolute atomic E-state index is 0.0545. The molecule has 2 aliphatic rings. The van der Waals surface area contributed by atoms with Crippen LogP contribution < -0.4 is 11.1 Å². The summed E-state index contributed by atoms with van der Waals surface area (Å²) in [5.41, 5.74) is 4.90. The lowest BCUT2D eigenvalue weighted by Gasteiger charge is -2.40. The van der Waals surface area contributed by atoms with Crippen LogP contribution in [0.5, 0.6) is 0 Å². The second-order valence-electron chi connectivity index (χ2n) is 5.68. The molecule has 102 valence electrons. The first-order valence-electron chi connectivity index (χ1n) is 6.87. The van der Waals surface area contributed by atoms with Crippen molar-refractivity contribution >= 4 is 11.8 Å². The fourth-order valence-electron chi connectivity index (χ4n) is 2.95. The van der Waals surface area contributed by atoms with Crippen LogP contribution in [-0.4, -0.2) is 41.9 Å². The number of carbonyl (C=O) groups excluding carboxylic acids is 2. The molecule has 0 radical (unpaired) electrons. The van der Waals surface area contributed by atoms with Gasteiger partial charge in [-0.1, -0.05) is 0 Å². The molecule has 0 saturated carbocycles. The van der Waals surface area contributed by atoms with Crippen LogP contribution in [0.4, 0.5) is 0 Å². The van der Waals surface area contributed by atoms with Gasteiger partial charge in [0, 0.05) is 19.0 Å². The number of nitrogens with zero attached hydrogens (tertiary/aromatic N) is 1. The van der Waals surface area contributed by atoms with E-state index in [0.29, 0.717) is 25.9 Å². The third-order valence-corrected chi connectivity index (χ3v) is 4.28. The predicted molar refractivity (Wildman–Crippen MR) is 68.8 cm³/mol. The van der Waals surface area contributed by atoms with E-state index < -0.39 is 5.54 Å².